The van der Waals surface area contributed by atoms with Crippen molar-refractivity contribution in [1.29, 1.82) is 0 Å². The zero-order valence-electron chi connectivity index (χ0n) is 14.4. The van der Waals surface area contributed by atoms with Gasteiger partial charge in [0.1, 0.15) is 0 Å². The normalized spacial score (nSPS) is 10.8. The minimum absolute atomic E-state index is 0.0694. The van der Waals surface area contributed by atoms with E-state index in [2.05, 4.69) is 5.32 Å². The monoisotopic (exact) mass is 342 g/mol. The van der Waals surface area contributed by atoms with Crippen LogP contribution in [-0.4, -0.2) is 21.3 Å². The molecule has 2 aromatic rings. The maximum absolute atomic E-state index is 12.4. The number of hydrogen-bond donors (Lipinski definition) is 1. The van der Waals surface area contributed by atoms with Crippen LogP contribution in [0.15, 0.2) is 77.6 Å². The van der Waals surface area contributed by atoms with Crippen molar-refractivity contribution in [3.05, 3.63) is 83.0 Å². The molecule has 0 saturated heterocycles. The number of benzene rings is 3. The Kier molecular flexibility index (Phi) is 4.19. The lowest BCUT2D eigenvalue weighted by atomic mass is 10.1. The molecule has 0 atom stereocenters. The Bertz CT molecular complexity index is 1060. The second-order valence-electron chi connectivity index (χ2n) is 5.92. The fraction of sp³-hybridized carbons (Fsp3) is 0.0952. The summed E-state index contributed by atoms with van der Waals surface area (Å²) in [7, 11) is 0. The van der Waals surface area contributed by atoms with E-state index < -0.39 is 0 Å². The Labute approximate surface area is 151 Å². The number of anilines is 1. The predicted octanol–water partition coefficient (Wildman–Crippen LogP) is 3.83. The molecule has 4 rings (SSSR count). The minimum Gasteiger partial charge on any atom is -0.382 e. The van der Waals surface area contributed by atoms with E-state index >= 15 is 0 Å². The highest BCUT2D eigenvalue weighted by Gasteiger charge is 2.17. The Morgan fingerprint density at radius 1 is 0.962 bits per heavy atom. The third-order valence-corrected chi connectivity index (χ3v) is 4.13. The van der Waals surface area contributed by atoms with Crippen molar-refractivity contribution in [1.82, 2.24) is 14.8 Å². The standard InChI is InChI=1S/C21H18N4O/c1-2-22-18-13-17-19(14-20(18)26)25(16-11-7-4-8-12-16)24-21(23-17)15-9-5-3-6-10-15/h3-14,22H,2H2,1H3. The number of para-hydroxylation sites is 1. The molecular weight excluding hydrogens is 324 g/mol. The van der Waals surface area contributed by atoms with Crippen LogP contribution in [0.5, 0.6) is 0 Å². The van der Waals surface area contributed by atoms with Gasteiger partial charge in [0, 0.05) is 18.2 Å². The summed E-state index contributed by atoms with van der Waals surface area (Å²) in [5, 5.41) is 7.81. The van der Waals surface area contributed by atoms with Crippen molar-refractivity contribution in [3.8, 4) is 28.5 Å². The summed E-state index contributed by atoms with van der Waals surface area (Å²) in [5.74, 6) is 0.614. The molecule has 2 aliphatic rings. The van der Waals surface area contributed by atoms with E-state index in [1.54, 1.807) is 16.8 Å². The van der Waals surface area contributed by atoms with Gasteiger partial charge in [-0.15, -0.1) is 5.10 Å². The van der Waals surface area contributed by atoms with Gasteiger partial charge in [-0.2, -0.15) is 0 Å². The molecule has 0 fully saturated rings. The Balaban J connectivity index is 2.01. The van der Waals surface area contributed by atoms with Gasteiger partial charge in [-0.3, -0.25) is 4.79 Å². The van der Waals surface area contributed by atoms with Crippen molar-refractivity contribution in [3.63, 3.8) is 0 Å². The molecule has 1 aliphatic heterocycles. The van der Waals surface area contributed by atoms with Gasteiger partial charge < -0.3 is 5.32 Å². The van der Waals surface area contributed by atoms with E-state index in [0.29, 0.717) is 23.8 Å². The van der Waals surface area contributed by atoms with Crippen LogP contribution in [0.1, 0.15) is 6.92 Å². The first-order chi connectivity index (χ1) is 12.8. The van der Waals surface area contributed by atoms with Crippen LogP contribution in [0, 0.1) is 0 Å². The van der Waals surface area contributed by atoms with Crippen LogP contribution < -0.4 is 10.7 Å². The zero-order valence-corrected chi connectivity index (χ0v) is 14.4. The van der Waals surface area contributed by atoms with Gasteiger partial charge in [0.05, 0.1) is 22.8 Å². The highest BCUT2D eigenvalue weighted by Crippen LogP contribution is 2.26. The van der Waals surface area contributed by atoms with Crippen LogP contribution in [0.2, 0.25) is 0 Å². The largest absolute Gasteiger partial charge is 0.382 e. The molecule has 0 spiro atoms. The second-order valence-corrected chi connectivity index (χ2v) is 5.92. The van der Waals surface area contributed by atoms with E-state index in [4.69, 9.17) is 10.1 Å². The second kappa shape index (κ2) is 6.80. The molecule has 5 nitrogen and oxygen atoms in total. The van der Waals surface area contributed by atoms with E-state index in [0.717, 1.165) is 16.9 Å². The van der Waals surface area contributed by atoms with Gasteiger partial charge in [-0.1, -0.05) is 48.5 Å². The SMILES string of the molecule is CCNc1cc2nc(-c3ccccc3)nn(-c3ccccc3)c-2cc1=O. The topological polar surface area (TPSA) is 59.8 Å². The predicted molar refractivity (Wildman–Crippen MR) is 104 cm³/mol. The summed E-state index contributed by atoms with van der Waals surface area (Å²) < 4.78 is 1.78. The van der Waals surface area contributed by atoms with E-state index in [1.807, 2.05) is 67.6 Å². The molecule has 128 valence electrons. The molecule has 5 heteroatoms. The molecule has 1 heterocycles. The average molecular weight is 342 g/mol. The molecule has 0 amide bonds. The number of aromatic nitrogens is 3. The van der Waals surface area contributed by atoms with Gasteiger partial charge in [-0.05, 0) is 25.1 Å². The number of rotatable bonds is 4. The van der Waals surface area contributed by atoms with Crippen LogP contribution in [0.3, 0.4) is 0 Å². The van der Waals surface area contributed by atoms with E-state index in [1.165, 1.54) is 0 Å². The molecule has 0 unspecified atom stereocenters. The maximum atomic E-state index is 12.4. The lowest BCUT2D eigenvalue weighted by Gasteiger charge is -2.17. The molecular formula is C21H18N4O. The van der Waals surface area contributed by atoms with Gasteiger partial charge in [0.15, 0.2) is 5.82 Å². The fourth-order valence-corrected chi connectivity index (χ4v) is 2.91. The summed E-state index contributed by atoms with van der Waals surface area (Å²) in [5.41, 5.74) is 3.70. The Hall–Kier alpha value is -3.47. The molecule has 2 aromatic carbocycles. The lowest BCUT2D eigenvalue weighted by Crippen LogP contribution is -2.16. The minimum atomic E-state index is -0.0694. The van der Waals surface area contributed by atoms with Crippen molar-refractivity contribution in [2.45, 2.75) is 6.92 Å². The first-order valence-electron chi connectivity index (χ1n) is 8.56. The zero-order chi connectivity index (χ0) is 17.9. The van der Waals surface area contributed by atoms with Crippen LogP contribution >= 0.6 is 0 Å². The average Bonchev–Trinajstić information content (AvgIpc) is 2.69. The summed E-state index contributed by atoms with van der Waals surface area (Å²) >= 11 is 0. The van der Waals surface area contributed by atoms with Gasteiger partial charge in [0.25, 0.3) is 0 Å². The van der Waals surface area contributed by atoms with Crippen molar-refractivity contribution < 1.29 is 0 Å². The quantitative estimate of drug-likeness (QED) is 0.612. The van der Waals surface area contributed by atoms with Gasteiger partial charge in [0.2, 0.25) is 5.43 Å². The van der Waals surface area contributed by atoms with Gasteiger partial charge >= 0.3 is 0 Å². The van der Waals surface area contributed by atoms with Crippen molar-refractivity contribution >= 4 is 5.69 Å². The summed E-state index contributed by atoms with van der Waals surface area (Å²) in [6.45, 7) is 2.64. The third-order valence-electron chi connectivity index (χ3n) is 4.13. The van der Waals surface area contributed by atoms with Crippen LogP contribution in [-0.2, 0) is 0 Å². The van der Waals surface area contributed by atoms with Crippen molar-refractivity contribution in [2.24, 2.45) is 0 Å². The number of nitrogens with zero attached hydrogens (tertiary/aromatic N) is 3. The van der Waals surface area contributed by atoms with Crippen LogP contribution in [0.25, 0.3) is 28.5 Å². The highest BCUT2D eigenvalue weighted by atomic mass is 16.1. The molecule has 0 bridgehead atoms. The number of fused-ring (bicyclic) bond motifs is 1. The Morgan fingerprint density at radius 3 is 2.35 bits per heavy atom. The van der Waals surface area contributed by atoms with Crippen molar-refractivity contribution in [2.75, 3.05) is 11.9 Å². The third kappa shape index (κ3) is 2.95. The van der Waals surface area contributed by atoms with Crippen LogP contribution in [0.4, 0.5) is 5.69 Å². The fourth-order valence-electron chi connectivity index (χ4n) is 2.91. The maximum Gasteiger partial charge on any atom is 0.203 e. The first kappa shape index (κ1) is 16.0. The Morgan fingerprint density at radius 2 is 1.65 bits per heavy atom. The van der Waals surface area contributed by atoms with Gasteiger partial charge in [-0.25, -0.2) is 9.67 Å². The molecule has 0 saturated carbocycles. The lowest BCUT2D eigenvalue weighted by molar-refractivity contribution is 0.827. The molecule has 26 heavy (non-hydrogen) atoms. The molecule has 0 aromatic heterocycles. The molecule has 1 aliphatic carbocycles. The molecule has 0 radical (unpaired) electrons. The summed E-state index contributed by atoms with van der Waals surface area (Å²) in [6, 6.07) is 23.0. The molecule has 1 N–H and O–H groups in total. The smallest absolute Gasteiger partial charge is 0.203 e. The van der Waals surface area contributed by atoms with E-state index in [9.17, 15) is 4.79 Å². The number of nitrogens with one attached hydrogen (secondary N) is 1. The number of hydrogen-bond acceptors (Lipinski definition) is 4. The summed E-state index contributed by atoms with van der Waals surface area (Å²) in [4.78, 5) is 17.1. The van der Waals surface area contributed by atoms with E-state index in [-0.39, 0.29) is 5.43 Å². The first-order valence-corrected chi connectivity index (χ1v) is 8.56. The summed E-state index contributed by atoms with van der Waals surface area (Å²) in [6.07, 6.45) is 0. The highest BCUT2D eigenvalue weighted by molar-refractivity contribution is 5.68.